The van der Waals surface area contributed by atoms with E-state index in [9.17, 15) is 0 Å². The summed E-state index contributed by atoms with van der Waals surface area (Å²) in [6, 6.07) is 0. The smallest absolute Gasteiger partial charge is 0.136 e. The van der Waals surface area contributed by atoms with Gasteiger partial charge in [-0.2, -0.15) is 0 Å². The molecule has 0 amide bonds. The third-order valence-electron chi connectivity index (χ3n) is 2.95. The van der Waals surface area contributed by atoms with Gasteiger partial charge in [-0.1, -0.05) is 0 Å². The Morgan fingerprint density at radius 1 is 0.571 bits per heavy atom. The van der Waals surface area contributed by atoms with E-state index < -0.39 is 0 Å². The summed E-state index contributed by atoms with van der Waals surface area (Å²) in [5, 5.41) is 13.6. The molecule has 4 N–H and O–H groups in total. The van der Waals surface area contributed by atoms with Crippen LogP contribution in [-0.2, 0) is 0 Å². The van der Waals surface area contributed by atoms with E-state index in [2.05, 4.69) is 49.0 Å². The Hall–Kier alpha value is -1.32. The van der Waals surface area contributed by atoms with Crippen molar-refractivity contribution in [1.82, 2.24) is 21.3 Å². The second kappa shape index (κ2) is 3.12. The van der Waals surface area contributed by atoms with Gasteiger partial charge >= 0.3 is 0 Å². The first-order valence-electron chi connectivity index (χ1n) is 4.99. The average molecular weight is 194 g/mol. The van der Waals surface area contributed by atoms with Gasteiger partial charge in [0.2, 0.25) is 0 Å². The Kier molecular flexibility index (Phi) is 2.06. The predicted molar refractivity (Wildman–Crippen MR) is 56.9 cm³/mol. The lowest BCUT2D eigenvalue weighted by Gasteiger charge is -2.23. The fourth-order valence-electron chi connectivity index (χ4n) is 1.77. The Labute approximate surface area is 84.8 Å². The zero-order chi connectivity index (χ0) is 10.3. The summed E-state index contributed by atoms with van der Waals surface area (Å²) >= 11 is 0. The number of rotatable bonds is 1. The van der Waals surface area contributed by atoms with Crippen LogP contribution < -0.4 is 21.3 Å². The molecule has 0 aromatic carbocycles. The maximum Gasteiger partial charge on any atom is 0.136 e. The third-order valence-corrected chi connectivity index (χ3v) is 2.95. The summed E-state index contributed by atoms with van der Waals surface area (Å²) in [5.41, 5.74) is 4.89. The van der Waals surface area contributed by atoms with Crippen molar-refractivity contribution in [2.45, 2.75) is 40.0 Å². The predicted octanol–water partition coefficient (Wildman–Crippen LogP) is 0.527. The van der Waals surface area contributed by atoms with Crippen LogP contribution in [0.25, 0.3) is 0 Å². The monoisotopic (exact) mass is 194 g/mol. The molecule has 2 heterocycles. The molecule has 0 unspecified atom stereocenters. The average Bonchev–Trinajstić information content (AvgIpc) is 2.60. The molecule has 4 nitrogen and oxygen atoms in total. The largest absolute Gasteiger partial charge is 0.364 e. The molecule has 78 valence electrons. The third kappa shape index (κ3) is 1.41. The molecule has 0 aromatic rings. The summed E-state index contributed by atoms with van der Waals surface area (Å²) in [4.78, 5) is 0. The molecule has 0 fully saturated rings. The van der Waals surface area contributed by atoms with Crippen molar-refractivity contribution in [2.24, 2.45) is 0 Å². The molecule has 0 saturated carbocycles. The summed E-state index contributed by atoms with van der Waals surface area (Å²) in [6.07, 6.45) is 0.477. The van der Waals surface area contributed by atoms with E-state index >= 15 is 0 Å². The van der Waals surface area contributed by atoms with E-state index in [1.54, 1.807) is 0 Å². The van der Waals surface area contributed by atoms with E-state index in [1.807, 2.05) is 0 Å². The standard InChI is InChI=1S/C10H18N4/c1-5-6(2)12-9(11-5)10-13-7(3)8(4)14-10/h9-14H,1-4H3. The SMILES string of the molecule is CC1=C(C)NC(C2NC(C)=C(C)N2)N1. The van der Waals surface area contributed by atoms with Crippen molar-refractivity contribution in [3.63, 3.8) is 0 Å². The molecular formula is C10H18N4. The van der Waals surface area contributed by atoms with Crippen LogP contribution in [0.2, 0.25) is 0 Å². The first kappa shape index (κ1) is 9.24. The van der Waals surface area contributed by atoms with Gasteiger partial charge in [-0.05, 0) is 27.7 Å². The van der Waals surface area contributed by atoms with Gasteiger partial charge in [0.25, 0.3) is 0 Å². The lowest BCUT2D eigenvalue weighted by molar-refractivity contribution is 0.388. The number of nitrogens with one attached hydrogen (secondary N) is 4. The van der Waals surface area contributed by atoms with Gasteiger partial charge in [-0.3, -0.25) is 0 Å². The molecule has 2 aliphatic heterocycles. The van der Waals surface area contributed by atoms with Crippen LogP contribution in [0.3, 0.4) is 0 Å². The lowest BCUT2D eigenvalue weighted by atomic mass is 10.4. The van der Waals surface area contributed by atoms with Crippen molar-refractivity contribution >= 4 is 0 Å². The highest BCUT2D eigenvalue weighted by atomic mass is 15.3. The molecule has 2 aliphatic rings. The first-order valence-corrected chi connectivity index (χ1v) is 4.99. The van der Waals surface area contributed by atoms with Crippen LogP contribution in [-0.4, -0.2) is 12.3 Å². The molecule has 0 saturated heterocycles. The minimum absolute atomic E-state index is 0.238. The van der Waals surface area contributed by atoms with Crippen molar-refractivity contribution in [3.05, 3.63) is 22.8 Å². The Bertz CT molecular complexity index is 256. The minimum Gasteiger partial charge on any atom is -0.364 e. The second-order valence-corrected chi connectivity index (χ2v) is 4.03. The van der Waals surface area contributed by atoms with Gasteiger partial charge in [0.05, 0.1) is 0 Å². The molecular weight excluding hydrogens is 176 g/mol. The van der Waals surface area contributed by atoms with E-state index in [-0.39, 0.29) is 12.3 Å². The van der Waals surface area contributed by atoms with Crippen LogP contribution in [0.1, 0.15) is 27.7 Å². The highest BCUT2D eigenvalue weighted by molar-refractivity contribution is 5.20. The summed E-state index contributed by atoms with van der Waals surface area (Å²) in [7, 11) is 0. The topological polar surface area (TPSA) is 48.1 Å². The van der Waals surface area contributed by atoms with Gasteiger partial charge in [0.15, 0.2) is 0 Å². The van der Waals surface area contributed by atoms with Crippen LogP contribution in [0.15, 0.2) is 22.8 Å². The number of hydrogen-bond acceptors (Lipinski definition) is 4. The summed E-state index contributed by atoms with van der Waals surface area (Å²) in [5.74, 6) is 0. The minimum atomic E-state index is 0.238. The highest BCUT2D eigenvalue weighted by Gasteiger charge is 2.29. The van der Waals surface area contributed by atoms with Crippen LogP contribution in [0.4, 0.5) is 0 Å². The summed E-state index contributed by atoms with van der Waals surface area (Å²) in [6.45, 7) is 8.35. The fourth-order valence-corrected chi connectivity index (χ4v) is 1.77. The molecule has 14 heavy (non-hydrogen) atoms. The molecule has 0 atom stereocenters. The summed E-state index contributed by atoms with van der Waals surface area (Å²) < 4.78 is 0. The zero-order valence-electron chi connectivity index (χ0n) is 9.15. The molecule has 0 bridgehead atoms. The van der Waals surface area contributed by atoms with Crippen molar-refractivity contribution in [2.75, 3.05) is 0 Å². The van der Waals surface area contributed by atoms with Gasteiger partial charge in [0, 0.05) is 22.8 Å². The fraction of sp³-hybridized carbons (Fsp3) is 0.600. The van der Waals surface area contributed by atoms with Gasteiger partial charge < -0.3 is 21.3 Å². The maximum absolute atomic E-state index is 3.40. The van der Waals surface area contributed by atoms with Gasteiger partial charge in [-0.25, -0.2) is 0 Å². The molecule has 0 aromatic heterocycles. The lowest BCUT2D eigenvalue weighted by Crippen LogP contribution is -2.54. The quantitative estimate of drug-likeness (QED) is 0.492. The van der Waals surface area contributed by atoms with Crippen LogP contribution in [0.5, 0.6) is 0 Å². The van der Waals surface area contributed by atoms with E-state index in [0.717, 1.165) is 0 Å². The van der Waals surface area contributed by atoms with Crippen molar-refractivity contribution in [3.8, 4) is 0 Å². The Morgan fingerprint density at radius 2 is 0.786 bits per heavy atom. The van der Waals surface area contributed by atoms with Crippen molar-refractivity contribution < 1.29 is 0 Å². The number of allylic oxidation sites excluding steroid dienone is 4. The van der Waals surface area contributed by atoms with Gasteiger partial charge in [0.1, 0.15) is 12.3 Å². The molecule has 0 aliphatic carbocycles. The zero-order valence-corrected chi connectivity index (χ0v) is 9.15. The van der Waals surface area contributed by atoms with Gasteiger partial charge in [-0.15, -0.1) is 0 Å². The molecule has 4 heteroatoms. The molecule has 0 spiro atoms. The maximum atomic E-state index is 3.40. The highest BCUT2D eigenvalue weighted by Crippen LogP contribution is 2.13. The molecule has 0 radical (unpaired) electrons. The number of hydrogen-bond donors (Lipinski definition) is 4. The second-order valence-electron chi connectivity index (χ2n) is 4.03. The molecule has 2 rings (SSSR count). The Balaban J connectivity index is 1.96. The van der Waals surface area contributed by atoms with E-state index in [1.165, 1.54) is 22.8 Å². The first-order chi connectivity index (χ1) is 6.58. The normalized spacial score (nSPS) is 23.4. The van der Waals surface area contributed by atoms with E-state index in [0.29, 0.717) is 0 Å². The Morgan fingerprint density at radius 3 is 1.00 bits per heavy atom. The van der Waals surface area contributed by atoms with Crippen LogP contribution >= 0.6 is 0 Å². The van der Waals surface area contributed by atoms with E-state index in [4.69, 9.17) is 0 Å². The van der Waals surface area contributed by atoms with Crippen molar-refractivity contribution in [1.29, 1.82) is 0 Å². The van der Waals surface area contributed by atoms with Crippen LogP contribution in [0, 0.1) is 0 Å².